The molecule has 0 spiro atoms. The molecule has 4 nitrogen and oxygen atoms in total. The van der Waals surface area contributed by atoms with Crippen LogP contribution in [0.25, 0.3) is 0 Å². The van der Waals surface area contributed by atoms with Crippen LogP contribution >= 0.6 is 11.3 Å². The van der Waals surface area contributed by atoms with E-state index in [9.17, 15) is 9.18 Å². The van der Waals surface area contributed by atoms with E-state index in [1.165, 1.54) is 17.7 Å². The number of ether oxygens (including phenoxy) is 1. The second kappa shape index (κ2) is 10.2. The molecule has 2 heterocycles. The summed E-state index contributed by atoms with van der Waals surface area (Å²) in [5.74, 6) is -0.320. The minimum absolute atomic E-state index is 0.0505. The van der Waals surface area contributed by atoms with Gasteiger partial charge in [-0.2, -0.15) is 0 Å². The lowest BCUT2D eigenvalue weighted by Crippen LogP contribution is -2.46. The SMILES string of the molecule is O=C(CN[C@@H](c1ccc(F)cc1)c1cccs1)NCC1(c2ccccc2)CCOCC1. The van der Waals surface area contributed by atoms with Gasteiger partial charge in [-0.25, -0.2) is 4.39 Å². The summed E-state index contributed by atoms with van der Waals surface area (Å²) in [5, 5.41) is 8.49. The van der Waals surface area contributed by atoms with Crippen molar-refractivity contribution in [1.29, 1.82) is 0 Å². The van der Waals surface area contributed by atoms with E-state index in [4.69, 9.17) is 4.74 Å². The van der Waals surface area contributed by atoms with Crippen LogP contribution < -0.4 is 10.6 Å². The predicted molar refractivity (Wildman–Crippen MR) is 122 cm³/mol. The molecule has 0 saturated carbocycles. The summed E-state index contributed by atoms with van der Waals surface area (Å²) in [6.07, 6.45) is 1.77. The number of rotatable bonds is 8. The van der Waals surface area contributed by atoms with Gasteiger partial charge in [-0.3, -0.25) is 10.1 Å². The summed E-state index contributed by atoms with van der Waals surface area (Å²) in [7, 11) is 0. The predicted octanol–water partition coefficient (Wildman–Crippen LogP) is 4.43. The normalized spacial score (nSPS) is 16.5. The Morgan fingerprint density at radius 2 is 1.77 bits per heavy atom. The lowest BCUT2D eigenvalue weighted by Gasteiger charge is -2.38. The summed E-state index contributed by atoms with van der Waals surface area (Å²) in [6.45, 7) is 2.17. The second-order valence-electron chi connectivity index (χ2n) is 7.92. The third-order valence-corrected chi connectivity index (χ3v) is 6.89. The van der Waals surface area contributed by atoms with Crippen molar-refractivity contribution in [3.05, 3.63) is 93.9 Å². The van der Waals surface area contributed by atoms with Crippen LogP contribution in [0.1, 0.15) is 34.9 Å². The maximum absolute atomic E-state index is 13.4. The Morgan fingerprint density at radius 1 is 1.03 bits per heavy atom. The number of halogens is 1. The first-order valence-corrected chi connectivity index (χ1v) is 11.5. The van der Waals surface area contributed by atoms with Gasteiger partial charge in [0.25, 0.3) is 0 Å². The molecule has 162 valence electrons. The highest BCUT2D eigenvalue weighted by Gasteiger charge is 2.34. The zero-order chi connectivity index (χ0) is 21.5. The average Bonchev–Trinajstić information content (AvgIpc) is 3.35. The first kappa shape index (κ1) is 21.7. The molecule has 1 atom stereocenters. The maximum atomic E-state index is 13.4. The van der Waals surface area contributed by atoms with Crippen molar-refractivity contribution in [2.45, 2.75) is 24.3 Å². The van der Waals surface area contributed by atoms with Gasteiger partial charge in [0.05, 0.1) is 12.6 Å². The number of benzene rings is 2. The van der Waals surface area contributed by atoms with Crippen LogP contribution in [0.3, 0.4) is 0 Å². The Balaban J connectivity index is 1.40. The van der Waals surface area contributed by atoms with Gasteiger partial charge in [0.1, 0.15) is 5.82 Å². The van der Waals surface area contributed by atoms with Crippen LogP contribution in [0.4, 0.5) is 4.39 Å². The van der Waals surface area contributed by atoms with E-state index in [1.807, 2.05) is 35.7 Å². The molecule has 3 aromatic rings. The molecule has 1 fully saturated rings. The summed E-state index contributed by atoms with van der Waals surface area (Å²) in [4.78, 5) is 13.8. The molecule has 0 radical (unpaired) electrons. The Hall–Kier alpha value is -2.54. The molecule has 31 heavy (non-hydrogen) atoms. The zero-order valence-corrected chi connectivity index (χ0v) is 18.2. The fourth-order valence-electron chi connectivity index (χ4n) is 4.14. The minimum atomic E-state index is -0.269. The number of thiophene rings is 1. The molecular formula is C25H27FN2O2S. The fraction of sp³-hybridized carbons (Fsp3) is 0.320. The Bertz CT molecular complexity index is 955. The van der Waals surface area contributed by atoms with E-state index in [-0.39, 0.29) is 29.7 Å². The molecule has 0 unspecified atom stereocenters. The topological polar surface area (TPSA) is 50.4 Å². The number of hydrogen-bond acceptors (Lipinski definition) is 4. The zero-order valence-electron chi connectivity index (χ0n) is 17.4. The quantitative estimate of drug-likeness (QED) is 0.547. The molecule has 2 aromatic carbocycles. The lowest BCUT2D eigenvalue weighted by molar-refractivity contribution is -0.120. The standard InChI is InChI=1S/C25H27FN2O2S/c26-21-10-8-19(9-11-21)24(22-7-4-16-31-22)27-17-23(29)28-18-25(12-14-30-15-13-25)20-5-2-1-3-6-20/h1-11,16,24,27H,12-15,17-18H2,(H,28,29)/t24-/m0/s1. The maximum Gasteiger partial charge on any atom is 0.234 e. The summed E-state index contributed by atoms with van der Waals surface area (Å²) in [5.41, 5.74) is 2.08. The molecule has 1 aromatic heterocycles. The monoisotopic (exact) mass is 438 g/mol. The fourth-order valence-corrected chi connectivity index (χ4v) is 4.97. The van der Waals surface area contributed by atoms with Crippen LogP contribution in [-0.4, -0.2) is 32.2 Å². The van der Waals surface area contributed by atoms with Gasteiger partial charge in [0.2, 0.25) is 5.91 Å². The Labute approximate surface area is 186 Å². The van der Waals surface area contributed by atoms with Crippen molar-refractivity contribution in [2.24, 2.45) is 0 Å². The summed E-state index contributed by atoms with van der Waals surface area (Å²) in [6, 6.07) is 20.6. The Kier molecular flexibility index (Phi) is 7.12. The molecule has 1 amide bonds. The van der Waals surface area contributed by atoms with Gasteiger partial charge in [0, 0.05) is 30.1 Å². The van der Waals surface area contributed by atoms with Crippen LogP contribution in [-0.2, 0) is 14.9 Å². The van der Waals surface area contributed by atoms with E-state index in [1.54, 1.807) is 23.5 Å². The third-order valence-electron chi connectivity index (χ3n) is 5.96. The van der Waals surface area contributed by atoms with Gasteiger partial charge < -0.3 is 10.1 Å². The van der Waals surface area contributed by atoms with Crippen molar-refractivity contribution < 1.29 is 13.9 Å². The van der Waals surface area contributed by atoms with Gasteiger partial charge in [-0.1, -0.05) is 48.5 Å². The van der Waals surface area contributed by atoms with Gasteiger partial charge in [0.15, 0.2) is 0 Å². The average molecular weight is 439 g/mol. The first-order chi connectivity index (χ1) is 15.2. The highest BCUT2D eigenvalue weighted by atomic mass is 32.1. The molecule has 2 N–H and O–H groups in total. The van der Waals surface area contributed by atoms with E-state index < -0.39 is 0 Å². The molecule has 0 bridgehead atoms. The van der Waals surface area contributed by atoms with E-state index in [2.05, 4.69) is 22.8 Å². The van der Waals surface area contributed by atoms with Crippen molar-refractivity contribution in [3.63, 3.8) is 0 Å². The Morgan fingerprint density at radius 3 is 2.45 bits per heavy atom. The van der Waals surface area contributed by atoms with Crippen LogP contribution in [0.5, 0.6) is 0 Å². The number of hydrogen-bond donors (Lipinski definition) is 2. The van der Waals surface area contributed by atoms with Crippen molar-refractivity contribution in [1.82, 2.24) is 10.6 Å². The summed E-state index contributed by atoms with van der Waals surface area (Å²) < 4.78 is 18.9. The molecule has 0 aliphatic carbocycles. The van der Waals surface area contributed by atoms with Crippen molar-refractivity contribution in [3.8, 4) is 0 Å². The number of carbonyl (C=O) groups is 1. The molecule has 1 aliphatic heterocycles. The highest BCUT2D eigenvalue weighted by Crippen LogP contribution is 2.34. The lowest BCUT2D eigenvalue weighted by atomic mass is 9.74. The van der Waals surface area contributed by atoms with Crippen molar-refractivity contribution >= 4 is 17.2 Å². The van der Waals surface area contributed by atoms with Gasteiger partial charge in [-0.05, 0) is 47.5 Å². The number of amides is 1. The van der Waals surface area contributed by atoms with Crippen molar-refractivity contribution in [2.75, 3.05) is 26.3 Å². The molecular weight excluding hydrogens is 411 g/mol. The third kappa shape index (κ3) is 5.39. The first-order valence-electron chi connectivity index (χ1n) is 10.6. The van der Waals surface area contributed by atoms with E-state index in [0.29, 0.717) is 19.8 Å². The van der Waals surface area contributed by atoms with Gasteiger partial charge in [-0.15, -0.1) is 11.3 Å². The highest BCUT2D eigenvalue weighted by molar-refractivity contribution is 7.10. The van der Waals surface area contributed by atoms with Crippen LogP contribution in [0.15, 0.2) is 72.1 Å². The van der Waals surface area contributed by atoms with E-state index >= 15 is 0 Å². The molecule has 1 aliphatic rings. The van der Waals surface area contributed by atoms with Gasteiger partial charge >= 0.3 is 0 Å². The molecule has 6 heteroatoms. The summed E-state index contributed by atoms with van der Waals surface area (Å²) >= 11 is 1.61. The smallest absolute Gasteiger partial charge is 0.234 e. The largest absolute Gasteiger partial charge is 0.381 e. The number of carbonyl (C=O) groups excluding carboxylic acids is 1. The number of nitrogens with one attached hydrogen (secondary N) is 2. The van der Waals surface area contributed by atoms with Crippen LogP contribution in [0, 0.1) is 5.82 Å². The molecule has 1 saturated heterocycles. The molecule has 4 rings (SSSR count). The minimum Gasteiger partial charge on any atom is -0.381 e. The second-order valence-corrected chi connectivity index (χ2v) is 8.90. The van der Waals surface area contributed by atoms with Crippen LogP contribution in [0.2, 0.25) is 0 Å². The van der Waals surface area contributed by atoms with E-state index in [0.717, 1.165) is 23.3 Å².